The molecule has 2 atom stereocenters. The van der Waals surface area contributed by atoms with Gasteiger partial charge in [0.05, 0.1) is 6.61 Å². The van der Waals surface area contributed by atoms with Crippen molar-refractivity contribution in [2.75, 3.05) is 6.61 Å². The summed E-state index contributed by atoms with van der Waals surface area (Å²) in [5, 5.41) is 8.97. The van der Waals surface area contributed by atoms with Crippen LogP contribution in [-0.4, -0.2) is 23.1 Å². The van der Waals surface area contributed by atoms with Gasteiger partial charge in [-0.15, -0.1) is 0 Å². The monoisotopic (exact) mass is 355 g/mol. The van der Waals surface area contributed by atoms with Crippen molar-refractivity contribution in [1.29, 1.82) is 0 Å². The van der Waals surface area contributed by atoms with Crippen LogP contribution in [0.4, 0.5) is 4.79 Å². The lowest BCUT2D eigenvalue weighted by molar-refractivity contribution is 0.103. The zero-order valence-corrected chi connectivity index (χ0v) is 14.8. The van der Waals surface area contributed by atoms with Gasteiger partial charge in [0.2, 0.25) is 0 Å². The second-order valence-corrected chi connectivity index (χ2v) is 7.22. The fraction of sp³-hybridized carbons (Fsp3) is 0.250. The standard InChI is InChI=1S/C20H21NO3S/c1-14(13-22)25-21-20(23)24-19-12-17-8-3-2-6-15(17)10-11-16-7-4-5-9-18(16)19/h2-11,14,19,22H,12-13H2,1H3,(H,21,23)/b11-10-. The van der Waals surface area contributed by atoms with Crippen LogP contribution in [0.15, 0.2) is 48.5 Å². The van der Waals surface area contributed by atoms with Gasteiger partial charge in [0, 0.05) is 17.2 Å². The highest BCUT2D eigenvalue weighted by molar-refractivity contribution is 7.98. The lowest BCUT2D eigenvalue weighted by atomic mass is 9.91. The van der Waals surface area contributed by atoms with Crippen molar-refractivity contribution in [2.45, 2.75) is 24.7 Å². The molecule has 25 heavy (non-hydrogen) atoms. The molecular weight excluding hydrogens is 334 g/mol. The zero-order chi connectivity index (χ0) is 17.6. The quantitative estimate of drug-likeness (QED) is 0.807. The number of fused-ring (bicyclic) bond motifs is 2. The molecule has 130 valence electrons. The molecule has 0 fully saturated rings. The van der Waals surface area contributed by atoms with Crippen molar-refractivity contribution in [3.05, 3.63) is 70.8 Å². The van der Waals surface area contributed by atoms with Crippen molar-refractivity contribution in [2.24, 2.45) is 0 Å². The molecule has 0 heterocycles. The molecular formula is C20H21NO3S. The topological polar surface area (TPSA) is 58.6 Å². The molecule has 2 aromatic carbocycles. The number of benzene rings is 2. The number of hydrogen-bond acceptors (Lipinski definition) is 4. The maximum Gasteiger partial charge on any atom is 0.417 e. The average Bonchev–Trinajstić information content (AvgIpc) is 2.63. The van der Waals surface area contributed by atoms with Gasteiger partial charge in [-0.25, -0.2) is 4.79 Å². The van der Waals surface area contributed by atoms with E-state index in [9.17, 15) is 4.79 Å². The zero-order valence-electron chi connectivity index (χ0n) is 14.0. The van der Waals surface area contributed by atoms with Crippen LogP contribution in [0.1, 0.15) is 35.3 Å². The molecule has 3 rings (SSSR count). The summed E-state index contributed by atoms with van der Waals surface area (Å²) in [6, 6.07) is 16.1. The van der Waals surface area contributed by atoms with E-state index in [1.54, 1.807) is 0 Å². The van der Waals surface area contributed by atoms with E-state index in [1.807, 2.05) is 43.3 Å². The van der Waals surface area contributed by atoms with Crippen LogP contribution in [0.5, 0.6) is 0 Å². The predicted octanol–water partition coefficient (Wildman–Crippen LogP) is 4.21. The number of aliphatic hydroxyl groups excluding tert-OH is 1. The second-order valence-electron chi connectivity index (χ2n) is 5.97. The van der Waals surface area contributed by atoms with E-state index in [1.165, 1.54) is 0 Å². The molecule has 0 aliphatic heterocycles. The van der Waals surface area contributed by atoms with E-state index in [0.29, 0.717) is 6.42 Å². The fourth-order valence-corrected chi connectivity index (χ4v) is 3.19. The van der Waals surface area contributed by atoms with Crippen LogP contribution in [0.3, 0.4) is 0 Å². The first-order chi connectivity index (χ1) is 12.2. The fourth-order valence-electron chi connectivity index (χ4n) is 2.77. The molecule has 0 saturated heterocycles. The molecule has 1 amide bonds. The Morgan fingerprint density at radius 2 is 1.88 bits per heavy atom. The second kappa shape index (κ2) is 8.23. The van der Waals surface area contributed by atoms with E-state index in [2.05, 4.69) is 29.0 Å². The number of hydrogen-bond donors (Lipinski definition) is 2. The van der Waals surface area contributed by atoms with Crippen LogP contribution >= 0.6 is 11.9 Å². The summed E-state index contributed by atoms with van der Waals surface area (Å²) in [4.78, 5) is 12.2. The first-order valence-corrected chi connectivity index (χ1v) is 9.13. The largest absolute Gasteiger partial charge is 0.440 e. The van der Waals surface area contributed by atoms with Gasteiger partial charge in [-0.1, -0.05) is 60.7 Å². The molecule has 1 aliphatic rings. The van der Waals surface area contributed by atoms with Gasteiger partial charge in [0.25, 0.3) is 0 Å². The SMILES string of the molecule is CC(CO)SNC(=O)OC1Cc2ccccc2/C=C\c2ccccc21. The highest BCUT2D eigenvalue weighted by atomic mass is 32.2. The summed E-state index contributed by atoms with van der Waals surface area (Å²) in [7, 11) is 0. The van der Waals surface area contributed by atoms with Gasteiger partial charge in [0.15, 0.2) is 0 Å². The van der Waals surface area contributed by atoms with Crippen LogP contribution in [0, 0.1) is 0 Å². The minimum atomic E-state index is -0.493. The summed E-state index contributed by atoms with van der Waals surface area (Å²) in [6.07, 6.45) is 3.91. The van der Waals surface area contributed by atoms with Gasteiger partial charge >= 0.3 is 6.09 Å². The summed E-state index contributed by atoms with van der Waals surface area (Å²) in [5.41, 5.74) is 4.31. The molecule has 0 bridgehead atoms. The maximum atomic E-state index is 12.2. The normalized spacial score (nSPS) is 18.1. The number of rotatable bonds is 4. The number of carbonyl (C=O) groups excluding carboxylic acids is 1. The molecule has 0 aromatic heterocycles. The van der Waals surface area contributed by atoms with Crippen LogP contribution < -0.4 is 4.72 Å². The first kappa shape index (κ1) is 17.6. The molecule has 2 aromatic rings. The Morgan fingerprint density at radius 1 is 1.20 bits per heavy atom. The lowest BCUT2D eigenvalue weighted by Gasteiger charge is -2.23. The van der Waals surface area contributed by atoms with Gasteiger partial charge in [-0.05, 0) is 35.6 Å². The Bertz CT molecular complexity index is 775. The van der Waals surface area contributed by atoms with Crippen LogP contribution in [0.25, 0.3) is 12.2 Å². The highest BCUT2D eigenvalue weighted by Crippen LogP contribution is 2.31. The minimum absolute atomic E-state index is 0.00458. The van der Waals surface area contributed by atoms with Gasteiger partial charge in [-0.2, -0.15) is 0 Å². The summed E-state index contributed by atoms with van der Waals surface area (Å²) >= 11 is 1.16. The Balaban J connectivity index is 1.84. The van der Waals surface area contributed by atoms with Gasteiger partial charge in [-0.3, -0.25) is 4.72 Å². The Labute approximate surface area is 152 Å². The van der Waals surface area contributed by atoms with Crippen molar-refractivity contribution in [1.82, 2.24) is 4.72 Å². The number of aliphatic hydroxyl groups is 1. The number of amides is 1. The Kier molecular flexibility index (Phi) is 5.79. The maximum absolute atomic E-state index is 12.2. The predicted molar refractivity (Wildman–Crippen MR) is 102 cm³/mol. The van der Waals surface area contributed by atoms with E-state index in [0.717, 1.165) is 34.2 Å². The number of nitrogens with one attached hydrogen (secondary N) is 1. The van der Waals surface area contributed by atoms with E-state index in [4.69, 9.17) is 9.84 Å². The highest BCUT2D eigenvalue weighted by Gasteiger charge is 2.22. The molecule has 5 heteroatoms. The summed E-state index contributed by atoms with van der Waals surface area (Å²) < 4.78 is 8.37. The van der Waals surface area contributed by atoms with Gasteiger partial charge < -0.3 is 9.84 Å². The molecule has 2 unspecified atom stereocenters. The number of ether oxygens (including phenoxy) is 1. The van der Waals surface area contributed by atoms with Gasteiger partial charge in [0.1, 0.15) is 6.10 Å². The average molecular weight is 355 g/mol. The molecule has 2 N–H and O–H groups in total. The van der Waals surface area contributed by atoms with Crippen molar-refractivity contribution < 1.29 is 14.6 Å². The molecule has 4 nitrogen and oxygen atoms in total. The van der Waals surface area contributed by atoms with Crippen LogP contribution in [0.2, 0.25) is 0 Å². The lowest BCUT2D eigenvalue weighted by Crippen LogP contribution is -2.25. The Hall–Kier alpha value is -2.24. The van der Waals surface area contributed by atoms with Crippen molar-refractivity contribution in [3.63, 3.8) is 0 Å². The summed E-state index contributed by atoms with van der Waals surface area (Å²) in [6.45, 7) is 1.83. The number of carbonyl (C=O) groups is 1. The first-order valence-electron chi connectivity index (χ1n) is 8.25. The molecule has 0 saturated carbocycles. The van der Waals surface area contributed by atoms with Crippen molar-refractivity contribution in [3.8, 4) is 0 Å². The van der Waals surface area contributed by atoms with Crippen LogP contribution in [-0.2, 0) is 11.2 Å². The van der Waals surface area contributed by atoms with E-state index >= 15 is 0 Å². The molecule has 0 spiro atoms. The Morgan fingerprint density at radius 3 is 2.68 bits per heavy atom. The summed E-state index contributed by atoms with van der Waals surface area (Å²) in [5.74, 6) is 0. The molecule has 0 radical (unpaired) electrons. The van der Waals surface area contributed by atoms with Crippen molar-refractivity contribution >= 4 is 30.2 Å². The third-order valence-electron chi connectivity index (χ3n) is 4.10. The van der Waals surface area contributed by atoms with E-state index in [-0.39, 0.29) is 18.0 Å². The third kappa shape index (κ3) is 4.44. The minimum Gasteiger partial charge on any atom is -0.440 e. The van der Waals surface area contributed by atoms with E-state index < -0.39 is 6.09 Å². The molecule has 1 aliphatic carbocycles. The third-order valence-corrected chi connectivity index (χ3v) is 4.93. The smallest absolute Gasteiger partial charge is 0.417 e.